The van der Waals surface area contributed by atoms with Gasteiger partial charge in [0.1, 0.15) is 34.5 Å². The summed E-state index contributed by atoms with van der Waals surface area (Å²) in [6.45, 7) is 34.9. The number of hydrogen-bond acceptors (Lipinski definition) is 10. The largest absolute Gasteiger partial charge is 0.508 e. The van der Waals surface area contributed by atoms with Crippen LogP contribution >= 0.6 is 0 Å². The van der Waals surface area contributed by atoms with E-state index in [1.165, 1.54) is 271 Å². The SMILES string of the molecule is C.CCC(C)c1ccc(O)cc1.CCC(C)c1ccc(O)cc1.CCC(C)c1ccc(OC(C)OC2CCCCC2)cc1.CCC(C)c1ccc(OC(CC2CCCCC2)OCCC2CCCCC2)cc1.CCC(C)c1ccc(OC(OC2CC3CC2C2CCCC32)C(C)C)cc1.CCC(C)c1ccc(OC(OCCC2CCCCC2)C23CC4CC(CC(C4)C2)C3)cc1. The Morgan fingerprint density at radius 2 is 0.672 bits per heavy atom. The van der Waals surface area contributed by atoms with Crippen LogP contribution in [0.5, 0.6) is 34.5 Å². The van der Waals surface area contributed by atoms with Crippen LogP contribution in [0.2, 0.25) is 0 Å². The molecule has 17 rings (SSSR count). The number of fused-ring (bicyclic) bond motifs is 5. The van der Waals surface area contributed by atoms with Crippen molar-refractivity contribution < 1.29 is 48.1 Å². The summed E-state index contributed by atoms with van der Waals surface area (Å²) in [5.41, 5.74) is 8.44. The molecule has 11 aliphatic rings. The van der Waals surface area contributed by atoms with Gasteiger partial charge in [0, 0.05) is 17.8 Å². The number of ether oxygens (including phenoxy) is 8. The van der Waals surface area contributed by atoms with Crippen molar-refractivity contribution >= 4 is 0 Å². The molecule has 10 heteroatoms. The van der Waals surface area contributed by atoms with E-state index in [1.807, 2.05) is 31.2 Å². The molecule has 15 atom stereocenters. The highest BCUT2D eigenvalue weighted by atomic mass is 16.7. The van der Waals surface area contributed by atoms with Crippen molar-refractivity contribution in [3.8, 4) is 34.5 Å². The molecule has 11 aliphatic carbocycles. The van der Waals surface area contributed by atoms with Gasteiger partial charge in [-0.3, -0.25) is 0 Å². The number of hydrogen-bond donors (Lipinski definition) is 2. The second kappa shape index (κ2) is 54.4. The summed E-state index contributed by atoms with van der Waals surface area (Å²) in [6.07, 6.45) is 53.6. The van der Waals surface area contributed by atoms with Gasteiger partial charge in [-0.2, -0.15) is 0 Å². The van der Waals surface area contributed by atoms with Crippen LogP contribution in [0.3, 0.4) is 0 Å². The van der Waals surface area contributed by atoms with Crippen molar-refractivity contribution in [2.75, 3.05) is 13.2 Å². The van der Waals surface area contributed by atoms with Crippen LogP contribution in [0.1, 0.15) is 437 Å². The Kier molecular flexibility index (Phi) is 44.2. The first-order valence-corrected chi connectivity index (χ1v) is 52.8. The van der Waals surface area contributed by atoms with E-state index in [0.717, 1.165) is 115 Å². The zero-order valence-corrected chi connectivity index (χ0v) is 82.5. The summed E-state index contributed by atoms with van der Waals surface area (Å²) >= 11 is 0. The monoisotopic (exact) mass is 1760 g/mol. The van der Waals surface area contributed by atoms with E-state index < -0.39 is 0 Å². The van der Waals surface area contributed by atoms with Crippen LogP contribution < -0.4 is 18.9 Å². The quantitative estimate of drug-likeness (QED) is 0.0369. The lowest BCUT2D eigenvalue weighted by atomic mass is 9.49. The van der Waals surface area contributed by atoms with Gasteiger partial charge in [0.25, 0.3) is 0 Å². The van der Waals surface area contributed by atoms with Gasteiger partial charge in [-0.15, -0.1) is 0 Å². The molecule has 2 N–H and O–H groups in total. The van der Waals surface area contributed by atoms with Crippen molar-refractivity contribution in [2.24, 2.45) is 70.5 Å². The zero-order valence-electron chi connectivity index (χ0n) is 82.5. The second-order valence-electron chi connectivity index (χ2n) is 42.3. The molecule has 0 amide bonds. The summed E-state index contributed by atoms with van der Waals surface area (Å²) in [6, 6.07) is 49.6. The van der Waals surface area contributed by atoms with Crippen LogP contribution in [0.15, 0.2) is 146 Å². The maximum absolute atomic E-state index is 9.01. The fourth-order valence-corrected chi connectivity index (χ4v) is 23.6. The van der Waals surface area contributed by atoms with Crippen molar-refractivity contribution in [3.05, 3.63) is 179 Å². The Morgan fingerprint density at radius 3 is 1.06 bits per heavy atom. The highest BCUT2D eigenvalue weighted by Crippen LogP contribution is 2.63. The summed E-state index contributed by atoms with van der Waals surface area (Å²) in [5, 5.41) is 18.0. The predicted octanol–water partition coefficient (Wildman–Crippen LogP) is 34.1. The Balaban J connectivity index is 0.000000165. The van der Waals surface area contributed by atoms with E-state index >= 15 is 0 Å². The average Bonchev–Trinajstić information content (AvgIpc) is 0.999. The topological polar surface area (TPSA) is 114 Å². The second-order valence-corrected chi connectivity index (χ2v) is 42.3. The smallest absolute Gasteiger partial charge is 0.205 e. The van der Waals surface area contributed by atoms with Gasteiger partial charge < -0.3 is 48.1 Å². The molecule has 714 valence electrons. The normalized spacial score (nSPS) is 25.4. The molecule has 6 bridgehead atoms. The van der Waals surface area contributed by atoms with Crippen LogP contribution in [-0.2, 0) is 18.9 Å². The maximum atomic E-state index is 9.01. The van der Waals surface area contributed by atoms with Gasteiger partial charge in [-0.05, 0) is 336 Å². The van der Waals surface area contributed by atoms with Gasteiger partial charge in [0.15, 0.2) is 12.6 Å². The summed E-state index contributed by atoms with van der Waals surface area (Å²) in [4.78, 5) is 0. The molecule has 0 saturated heterocycles. The van der Waals surface area contributed by atoms with Crippen molar-refractivity contribution in [1.82, 2.24) is 0 Å². The molecule has 0 aliphatic heterocycles. The van der Waals surface area contributed by atoms with Gasteiger partial charge in [-0.1, -0.05) is 299 Å². The van der Waals surface area contributed by atoms with Crippen molar-refractivity contribution in [3.63, 3.8) is 0 Å². The third-order valence-corrected chi connectivity index (χ3v) is 32.5. The lowest BCUT2D eigenvalue weighted by Crippen LogP contribution is -2.54. The van der Waals surface area contributed by atoms with Gasteiger partial charge in [0.05, 0.1) is 25.4 Å². The Bertz CT molecular complexity index is 3820. The molecule has 11 fully saturated rings. The molecule has 0 aromatic heterocycles. The lowest BCUT2D eigenvalue weighted by Gasteiger charge is -2.58. The molecular weight excluding hydrogens is 1580 g/mol. The first kappa shape index (κ1) is 104. The molecule has 6 aromatic rings. The fraction of sp³-hybridized carbons (Fsp3) is 0.695. The summed E-state index contributed by atoms with van der Waals surface area (Å²) in [7, 11) is 0. The molecule has 15 unspecified atom stereocenters. The minimum atomic E-state index is -0.160. The van der Waals surface area contributed by atoms with Crippen LogP contribution in [-0.4, -0.2) is 60.8 Å². The van der Waals surface area contributed by atoms with E-state index in [4.69, 9.17) is 48.1 Å². The Hall–Kier alpha value is -6.04. The van der Waals surface area contributed by atoms with Crippen LogP contribution in [0.25, 0.3) is 0 Å². The number of rotatable bonds is 36. The first-order valence-electron chi connectivity index (χ1n) is 52.8. The molecule has 11 saturated carbocycles. The molecule has 10 nitrogen and oxygen atoms in total. The van der Waals surface area contributed by atoms with Gasteiger partial charge in [0.2, 0.25) is 12.6 Å². The average molecular weight is 1760 g/mol. The van der Waals surface area contributed by atoms with Gasteiger partial charge in [-0.25, -0.2) is 0 Å². The number of phenols is 2. The number of benzene rings is 6. The Labute approximate surface area is 781 Å². The highest BCUT2D eigenvalue weighted by molar-refractivity contribution is 5.34. The maximum Gasteiger partial charge on any atom is 0.205 e. The molecule has 128 heavy (non-hydrogen) atoms. The van der Waals surface area contributed by atoms with E-state index in [0.29, 0.717) is 65.1 Å². The highest BCUT2D eigenvalue weighted by Gasteiger charge is 2.57. The van der Waals surface area contributed by atoms with E-state index in [9.17, 15) is 0 Å². The van der Waals surface area contributed by atoms with E-state index in [2.05, 4.69) is 194 Å². The van der Waals surface area contributed by atoms with E-state index in [1.54, 1.807) is 24.3 Å². The summed E-state index contributed by atoms with van der Waals surface area (Å²) in [5.74, 6) is 17.5. The minimum absolute atomic E-state index is 0. The van der Waals surface area contributed by atoms with Crippen molar-refractivity contribution in [2.45, 2.75) is 441 Å². The molecule has 0 radical (unpaired) electrons. The van der Waals surface area contributed by atoms with Gasteiger partial charge >= 0.3 is 0 Å². The third-order valence-electron chi connectivity index (χ3n) is 32.5. The Morgan fingerprint density at radius 1 is 0.328 bits per heavy atom. The minimum Gasteiger partial charge on any atom is -0.508 e. The predicted molar refractivity (Wildman–Crippen MR) is 535 cm³/mol. The lowest BCUT2D eigenvalue weighted by molar-refractivity contribution is -0.216. The van der Waals surface area contributed by atoms with Crippen molar-refractivity contribution in [1.29, 1.82) is 0 Å². The van der Waals surface area contributed by atoms with Crippen LogP contribution in [0, 0.1) is 70.5 Å². The summed E-state index contributed by atoms with van der Waals surface area (Å²) < 4.78 is 50.9. The number of phenolic OH excluding ortho intramolecular Hbond substituents is 2. The molecule has 0 spiro atoms. The first-order chi connectivity index (χ1) is 61.6. The molecule has 0 heterocycles. The van der Waals surface area contributed by atoms with E-state index in [-0.39, 0.29) is 38.0 Å². The fourth-order valence-electron chi connectivity index (χ4n) is 23.6. The molecule has 6 aromatic carbocycles. The third kappa shape index (κ3) is 32.4. The molecular formula is C118H182O10. The number of aromatic hydroxyl groups is 2. The zero-order chi connectivity index (χ0) is 90.0. The standard InChI is InChI=1S/C29H44O2.C26H42O2.C24H36O2.C18H28O2.2C10H14O.CH4/c1-3-21(2)26-9-11-27(12-10-26)31-28(30-14-13-22-7-5-4-6-8-22)29-18-23-15-24(19-29)17-25(16-23)20-29;1-3-21(2)24-14-16-25(17-15-24)28-26(20-23-12-8-5-9-13-23)27-19-18-22-10-6-4-7-11-22;1-5-16(4)17-9-11-19(12-10-17)25-24(15(2)3)26-23-14-18-13-22(23)21-8-6-7-20(18)21;1-4-14(2)16-10-12-18(13-11-16)20-15(3)19-17-8-6-5-7-9-17;2*1-3-8(2)9-4-6-10(11)7-5-9;/h9-12,21-25,28H,3-8,13-20H2,1-2H3;14-17,21-23,26H,3-13,18-20H2,1-2H3;9-12,15-16,18,20-24H,5-8,13-14H2,1-4H3;10-15,17H,4-9H2,1-3H3;2*4-8,11H,3H2,1-2H3;1H4. The van der Waals surface area contributed by atoms with Crippen LogP contribution in [0.4, 0.5) is 0 Å².